The molecule has 0 fully saturated rings. The predicted molar refractivity (Wildman–Crippen MR) is 103 cm³/mol. The van der Waals surface area contributed by atoms with Crippen molar-refractivity contribution < 1.29 is 9.59 Å². The van der Waals surface area contributed by atoms with Gasteiger partial charge in [-0.25, -0.2) is 0 Å². The summed E-state index contributed by atoms with van der Waals surface area (Å²) < 4.78 is 0. The number of rotatable bonds is 2. The largest absolute Gasteiger partial charge is 0.293 e. The van der Waals surface area contributed by atoms with E-state index < -0.39 is 5.92 Å². The average Bonchev–Trinajstić information content (AvgIpc) is 2.63. The van der Waals surface area contributed by atoms with Crippen LogP contribution < -0.4 is 4.90 Å². The minimum atomic E-state index is -0.739. The molecule has 26 heavy (non-hydrogen) atoms. The molecule has 2 aromatic rings. The van der Waals surface area contributed by atoms with Crippen LogP contribution in [0.5, 0.6) is 0 Å². The molecule has 0 aromatic heterocycles. The number of benzene rings is 2. The zero-order valence-electron chi connectivity index (χ0n) is 15.2. The molecule has 1 aliphatic carbocycles. The molecule has 132 valence electrons. The summed E-state index contributed by atoms with van der Waals surface area (Å²) in [5, 5.41) is 0. The summed E-state index contributed by atoms with van der Waals surface area (Å²) in [4.78, 5) is 28.5. The Bertz CT molecular complexity index is 881. The van der Waals surface area contributed by atoms with Crippen LogP contribution in [-0.4, -0.2) is 11.7 Å². The lowest BCUT2D eigenvalue weighted by atomic mass is 9.71. The van der Waals surface area contributed by atoms with Gasteiger partial charge in [0.2, 0.25) is 5.91 Å². The van der Waals surface area contributed by atoms with Crippen molar-refractivity contribution in [3.63, 3.8) is 0 Å². The Kier molecular flexibility index (Phi) is 4.03. The highest BCUT2D eigenvalue weighted by Crippen LogP contribution is 2.46. The zero-order valence-corrected chi connectivity index (χ0v) is 15.2. The minimum Gasteiger partial charge on any atom is -0.293 e. The van der Waals surface area contributed by atoms with Crippen molar-refractivity contribution in [2.75, 3.05) is 4.90 Å². The molecule has 0 bridgehead atoms. The molecule has 1 unspecified atom stereocenters. The molecule has 3 heteroatoms. The van der Waals surface area contributed by atoms with Gasteiger partial charge in [-0.05, 0) is 42.4 Å². The molecule has 0 saturated carbocycles. The van der Waals surface area contributed by atoms with Gasteiger partial charge in [0, 0.05) is 17.0 Å². The standard InChI is InChI=1S/C23H23NO2/c1-23(2)14-13-18-19(15-23)24(17-11-7-4-8-12-17)22(26)20(21(18)25)16-9-5-3-6-10-16/h3-12,20H,13-15H2,1-2H3. The number of amides is 1. The summed E-state index contributed by atoms with van der Waals surface area (Å²) in [6.45, 7) is 4.41. The van der Waals surface area contributed by atoms with Crippen molar-refractivity contribution in [1.82, 2.24) is 0 Å². The lowest BCUT2D eigenvalue weighted by Crippen LogP contribution is -2.46. The van der Waals surface area contributed by atoms with Crippen molar-refractivity contribution >= 4 is 17.4 Å². The number of carbonyl (C=O) groups is 2. The van der Waals surface area contributed by atoms with Gasteiger partial charge in [-0.15, -0.1) is 0 Å². The number of para-hydroxylation sites is 1. The normalized spacial score (nSPS) is 22.4. The summed E-state index contributed by atoms with van der Waals surface area (Å²) in [6.07, 6.45) is 2.45. The first-order chi connectivity index (χ1) is 12.5. The Labute approximate surface area is 154 Å². The van der Waals surface area contributed by atoms with E-state index in [1.54, 1.807) is 4.90 Å². The van der Waals surface area contributed by atoms with Gasteiger partial charge in [0.15, 0.2) is 5.78 Å². The third-order valence-electron chi connectivity index (χ3n) is 5.49. The highest BCUT2D eigenvalue weighted by Gasteiger charge is 2.45. The minimum absolute atomic E-state index is 0.0149. The van der Waals surface area contributed by atoms with E-state index in [0.29, 0.717) is 0 Å². The van der Waals surface area contributed by atoms with Crippen LogP contribution in [0.1, 0.15) is 44.6 Å². The van der Waals surface area contributed by atoms with Gasteiger partial charge in [-0.3, -0.25) is 14.5 Å². The maximum absolute atomic E-state index is 13.5. The molecule has 0 saturated heterocycles. The van der Waals surface area contributed by atoms with Crippen LogP contribution in [0.15, 0.2) is 71.9 Å². The number of hydrogen-bond donors (Lipinski definition) is 0. The van der Waals surface area contributed by atoms with Gasteiger partial charge in [0.05, 0.1) is 0 Å². The Morgan fingerprint density at radius 1 is 0.923 bits per heavy atom. The molecule has 4 rings (SSSR count). The highest BCUT2D eigenvalue weighted by atomic mass is 16.2. The zero-order chi connectivity index (χ0) is 18.3. The fourth-order valence-electron chi connectivity index (χ4n) is 4.08. The van der Waals surface area contributed by atoms with Crippen molar-refractivity contribution in [1.29, 1.82) is 0 Å². The summed E-state index contributed by atoms with van der Waals surface area (Å²) >= 11 is 0. The molecule has 3 nitrogen and oxygen atoms in total. The monoisotopic (exact) mass is 345 g/mol. The molecular weight excluding hydrogens is 322 g/mol. The second kappa shape index (κ2) is 6.24. The number of ketones is 1. The fraction of sp³-hybridized carbons (Fsp3) is 0.304. The molecule has 2 aromatic carbocycles. The molecule has 1 atom stereocenters. The van der Waals surface area contributed by atoms with Gasteiger partial charge >= 0.3 is 0 Å². The lowest BCUT2D eigenvalue weighted by molar-refractivity contribution is -0.128. The van der Waals surface area contributed by atoms with E-state index in [9.17, 15) is 9.59 Å². The third-order valence-corrected chi connectivity index (χ3v) is 5.49. The van der Waals surface area contributed by atoms with Crippen molar-refractivity contribution in [2.45, 2.75) is 39.0 Å². The molecule has 0 spiro atoms. The summed E-state index contributed by atoms with van der Waals surface area (Å²) in [6, 6.07) is 19.1. The van der Waals surface area contributed by atoms with Gasteiger partial charge in [0.1, 0.15) is 5.92 Å². The average molecular weight is 345 g/mol. The van der Waals surface area contributed by atoms with E-state index in [4.69, 9.17) is 0 Å². The second-order valence-electron chi connectivity index (χ2n) is 7.98. The molecular formula is C23H23NO2. The van der Waals surface area contributed by atoms with Crippen LogP contribution in [0.4, 0.5) is 5.69 Å². The maximum Gasteiger partial charge on any atom is 0.246 e. The summed E-state index contributed by atoms with van der Waals surface area (Å²) in [5.74, 6) is -0.890. The molecule has 0 N–H and O–H groups in total. The molecule has 0 radical (unpaired) electrons. The van der Waals surface area contributed by atoms with Crippen LogP contribution >= 0.6 is 0 Å². The van der Waals surface area contributed by atoms with Crippen LogP contribution in [0.2, 0.25) is 0 Å². The number of carbonyl (C=O) groups excluding carboxylic acids is 2. The van der Waals surface area contributed by atoms with Crippen molar-refractivity contribution in [3.8, 4) is 0 Å². The first-order valence-electron chi connectivity index (χ1n) is 9.18. The first-order valence-corrected chi connectivity index (χ1v) is 9.18. The number of nitrogens with zero attached hydrogens (tertiary/aromatic N) is 1. The van der Waals surface area contributed by atoms with E-state index in [1.807, 2.05) is 60.7 Å². The van der Waals surface area contributed by atoms with Gasteiger partial charge < -0.3 is 0 Å². The Morgan fingerprint density at radius 3 is 2.19 bits per heavy atom. The van der Waals surface area contributed by atoms with Crippen LogP contribution in [0, 0.1) is 5.41 Å². The van der Waals surface area contributed by atoms with Gasteiger partial charge in [-0.2, -0.15) is 0 Å². The molecule has 1 amide bonds. The maximum atomic E-state index is 13.5. The number of allylic oxidation sites excluding steroid dienone is 2. The van der Waals surface area contributed by atoms with E-state index in [1.165, 1.54) is 0 Å². The number of Topliss-reactive ketones (excluding diaryl/α,β-unsaturated/α-hetero) is 1. The fourth-order valence-corrected chi connectivity index (χ4v) is 4.08. The third kappa shape index (κ3) is 2.78. The van der Waals surface area contributed by atoms with Crippen molar-refractivity contribution in [3.05, 3.63) is 77.5 Å². The molecule has 2 aliphatic rings. The Hall–Kier alpha value is -2.68. The lowest BCUT2D eigenvalue weighted by Gasteiger charge is -2.42. The smallest absolute Gasteiger partial charge is 0.246 e. The van der Waals surface area contributed by atoms with E-state index in [-0.39, 0.29) is 17.1 Å². The van der Waals surface area contributed by atoms with E-state index in [0.717, 1.165) is 41.8 Å². The summed E-state index contributed by atoms with van der Waals surface area (Å²) in [7, 11) is 0. The Balaban J connectivity index is 1.88. The van der Waals surface area contributed by atoms with Gasteiger partial charge in [-0.1, -0.05) is 62.4 Å². The first kappa shape index (κ1) is 16.8. The van der Waals surface area contributed by atoms with Crippen LogP contribution in [-0.2, 0) is 9.59 Å². The topological polar surface area (TPSA) is 37.4 Å². The van der Waals surface area contributed by atoms with E-state index in [2.05, 4.69) is 13.8 Å². The summed E-state index contributed by atoms with van der Waals surface area (Å²) in [5.41, 5.74) is 3.44. The number of hydrogen-bond acceptors (Lipinski definition) is 2. The predicted octanol–water partition coefficient (Wildman–Crippen LogP) is 4.85. The molecule has 1 aliphatic heterocycles. The van der Waals surface area contributed by atoms with Crippen molar-refractivity contribution in [2.24, 2.45) is 5.41 Å². The Morgan fingerprint density at radius 2 is 1.54 bits per heavy atom. The quantitative estimate of drug-likeness (QED) is 0.730. The molecule has 1 heterocycles. The number of anilines is 1. The van der Waals surface area contributed by atoms with E-state index >= 15 is 0 Å². The highest BCUT2D eigenvalue weighted by molar-refractivity contribution is 6.23. The van der Waals surface area contributed by atoms with Crippen LogP contribution in [0.25, 0.3) is 0 Å². The van der Waals surface area contributed by atoms with Crippen LogP contribution in [0.3, 0.4) is 0 Å². The SMILES string of the molecule is CC1(C)CCC2=C(C1)N(c1ccccc1)C(=O)C(c1ccccc1)C2=O. The van der Waals surface area contributed by atoms with Gasteiger partial charge in [0.25, 0.3) is 0 Å². The second-order valence-corrected chi connectivity index (χ2v) is 7.98.